The van der Waals surface area contributed by atoms with Gasteiger partial charge in [-0.05, 0) is 13.8 Å². The molecule has 102 valence electrons. The van der Waals surface area contributed by atoms with Gasteiger partial charge in [0.15, 0.2) is 0 Å². The van der Waals surface area contributed by atoms with Crippen LogP contribution in [0.5, 0.6) is 0 Å². The monoisotopic (exact) mass is 281 g/mol. The smallest absolute Gasteiger partial charge is 0.242 e. The molecule has 0 spiro atoms. The van der Waals surface area contributed by atoms with Crippen LogP contribution in [0.15, 0.2) is 18.6 Å². The quantitative estimate of drug-likeness (QED) is 0.900. The molecule has 2 aromatic rings. The molecule has 0 saturated carbocycles. The Morgan fingerprint density at radius 1 is 1.42 bits per heavy atom. The lowest BCUT2D eigenvalue weighted by atomic mass is 10.2. The number of halogens is 1. The molecule has 0 aliphatic heterocycles. The second kappa shape index (κ2) is 5.88. The summed E-state index contributed by atoms with van der Waals surface area (Å²) in [6.45, 7) is 5.48. The van der Waals surface area contributed by atoms with Crippen molar-refractivity contribution >= 4 is 17.5 Å². The molecule has 0 radical (unpaired) electrons. The van der Waals surface area contributed by atoms with Crippen LogP contribution in [-0.4, -0.2) is 25.5 Å². The van der Waals surface area contributed by atoms with Gasteiger partial charge in [0, 0.05) is 30.5 Å². The number of hydrogen-bond acceptors (Lipinski definition) is 3. The zero-order chi connectivity index (χ0) is 13.8. The average molecular weight is 282 g/mol. The molecule has 0 saturated heterocycles. The van der Waals surface area contributed by atoms with Crippen molar-refractivity contribution in [3.63, 3.8) is 0 Å². The SMILES string of the molecule is CCn1ncc(CNC(=O)Cn2cc(Cl)cn2)c1C. The van der Waals surface area contributed by atoms with Crippen molar-refractivity contribution in [2.45, 2.75) is 33.5 Å². The molecule has 2 heterocycles. The van der Waals surface area contributed by atoms with Crippen LogP contribution in [-0.2, 0) is 24.4 Å². The number of amides is 1. The van der Waals surface area contributed by atoms with Gasteiger partial charge in [0.05, 0.1) is 17.4 Å². The minimum absolute atomic E-state index is 0.108. The molecule has 0 unspecified atom stereocenters. The summed E-state index contributed by atoms with van der Waals surface area (Å²) in [6.07, 6.45) is 4.90. The van der Waals surface area contributed by atoms with Crippen molar-refractivity contribution in [1.82, 2.24) is 24.9 Å². The summed E-state index contributed by atoms with van der Waals surface area (Å²) in [6, 6.07) is 0. The van der Waals surface area contributed by atoms with Gasteiger partial charge in [-0.1, -0.05) is 11.6 Å². The van der Waals surface area contributed by atoms with Crippen molar-refractivity contribution < 1.29 is 4.79 Å². The fraction of sp³-hybridized carbons (Fsp3) is 0.417. The van der Waals surface area contributed by atoms with E-state index in [1.54, 1.807) is 12.4 Å². The lowest BCUT2D eigenvalue weighted by molar-refractivity contribution is -0.122. The molecule has 0 atom stereocenters. The van der Waals surface area contributed by atoms with Crippen LogP contribution in [0.4, 0.5) is 0 Å². The summed E-state index contributed by atoms with van der Waals surface area (Å²) in [4.78, 5) is 11.7. The second-order valence-electron chi connectivity index (χ2n) is 4.20. The minimum atomic E-state index is -0.108. The van der Waals surface area contributed by atoms with E-state index in [4.69, 9.17) is 11.6 Å². The molecule has 0 aromatic carbocycles. The van der Waals surface area contributed by atoms with Gasteiger partial charge >= 0.3 is 0 Å². The molecular formula is C12H16ClN5O. The maximum Gasteiger partial charge on any atom is 0.242 e. The second-order valence-corrected chi connectivity index (χ2v) is 4.64. The van der Waals surface area contributed by atoms with Crippen LogP contribution in [0.25, 0.3) is 0 Å². The first-order valence-corrected chi connectivity index (χ1v) is 6.44. The maximum absolute atomic E-state index is 11.7. The van der Waals surface area contributed by atoms with Crippen LogP contribution in [0.2, 0.25) is 5.02 Å². The van der Waals surface area contributed by atoms with Crippen molar-refractivity contribution in [3.8, 4) is 0 Å². The number of carbonyl (C=O) groups is 1. The van der Waals surface area contributed by atoms with Gasteiger partial charge in [0.1, 0.15) is 6.54 Å². The zero-order valence-electron chi connectivity index (χ0n) is 10.9. The predicted molar refractivity (Wildman–Crippen MR) is 71.7 cm³/mol. The summed E-state index contributed by atoms with van der Waals surface area (Å²) < 4.78 is 3.40. The number of rotatable bonds is 5. The van der Waals surface area contributed by atoms with Crippen LogP contribution < -0.4 is 5.32 Å². The van der Waals surface area contributed by atoms with Gasteiger partial charge in [-0.3, -0.25) is 14.2 Å². The molecule has 7 heteroatoms. The van der Waals surface area contributed by atoms with Gasteiger partial charge in [-0.15, -0.1) is 0 Å². The lowest BCUT2D eigenvalue weighted by Gasteiger charge is -2.05. The first-order chi connectivity index (χ1) is 9.10. The number of nitrogens with one attached hydrogen (secondary N) is 1. The molecule has 1 N–H and O–H groups in total. The average Bonchev–Trinajstić information content (AvgIpc) is 2.93. The molecule has 19 heavy (non-hydrogen) atoms. The highest BCUT2D eigenvalue weighted by molar-refractivity contribution is 6.30. The highest BCUT2D eigenvalue weighted by Gasteiger charge is 2.08. The van der Waals surface area contributed by atoms with Crippen molar-refractivity contribution in [1.29, 1.82) is 0 Å². The number of hydrogen-bond donors (Lipinski definition) is 1. The molecule has 6 nitrogen and oxygen atoms in total. The van der Waals surface area contributed by atoms with E-state index in [0.29, 0.717) is 11.6 Å². The summed E-state index contributed by atoms with van der Waals surface area (Å²) in [5.41, 5.74) is 2.10. The summed E-state index contributed by atoms with van der Waals surface area (Å²) in [5, 5.41) is 11.5. The normalized spacial score (nSPS) is 10.7. The Labute approximate surface area is 116 Å². The predicted octanol–water partition coefficient (Wildman–Crippen LogP) is 1.38. The maximum atomic E-state index is 11.7. The largest absolute Gasteiger partial charge is 0.350 e. The van der Waals surface area contributed by atoms with Gasteiger partial charge in [-0.25, -0.2) is 0 Å². The van der Waals surface area contributed by atoms with E-state index in [-0.39, 0.29) is 12.5 Å². The summed E-state index contributed by atoms with van der Waals surface area (Å²) in [5.74, 6) is -0.108. The van der Waals surface area contributed by atoms with E-state index in [9.17, 15) is 4.79 Å². The van der Waals surface area contributed by atoms with Crippen LogP contribution >= 0.6 is 11.6 Å². The van der Waals surface area contributed by atoms with E-state index in [1.807, 2.05) is 18.5 Å². The molecule has 0 fully saturated rings. The summed E-state index contributed by atoms with van der Waals surface area (Å²) in [7, 11) is 0. The highest BCUT2D eigenvalue weighted by Crippen LogP contribution is 2.07. The standard InChI is InChI=1S/C12H16ClN5O/c1-3-18-9(2)10(5-16-18)4-14-12(19)8-17-7-11(13)6-15-17/h5-7H,3-4,8H2,1-2H3,(H,14,19). The molecule has 0 bridgehead atoms. The van der Waals surface area contributed by atoms with E-state index < -0.39 is 0 Å². The Kier molecular flexibility index (Phi) is 4.21. The number of carbonyl (C=O) groups excluding carboxylic acids is 1. The Balaban J connectivity index is 1.88. The Morgan fingerprint density at radius 3 is 2.79 bits per heavy atom. The van der Waals surface area contributed by atoms with Gasteiger partial charge in [0.2, 0.25) is 5.91 Å². The topological polar surface area (TPSA) is 64.7 Å². The molecular weight excluding hydrogens is 266 g/mol. The fourth-order valence-corrected chi connectivity index (χ4v) is 1.96. The Bertz CT molecular complexity index is 574. The van der Waals surface area contributed by atoms with Gasteiger partial charge in [0.25, 0.3) is 0 Å². The first kappa shape index (κ1) is 13.6. The van der Waals surface area contributed by atoms with Crippen LogP contribution in [0.1, 0.15) is 18.2 Å². The fourth-order valence-electron chi connectivity index (χ4n) is 1.80. The van der Waals surface area contributed by atoms with E-state index in [2.05, 4.69) is 15.5 Å². The molecule has 0 aliphatic rings. The number of aromatic nitrogens is 4. The third-order valence-corrected chi connectivity index (χ3v) is 3.08. The lowest BCUT2D eigenvalue weighted by Crippen LogP contribution is -2.27. The Morgan fingerprint density at radius 2 is 2.21 bits per heavy atom. The van der Waals surface area contributed by atoms with Gasteiger partial charge < -0.3 is 5.32 Å². The summed E-state index contributed by atoms with van der Waals surface area (Å²) >= 11 is 5.73. The zero-order valence-corrected chi connectivity index (χ0v) is 11.7. The molecule has 0 aliphatic carbocycles. The first-order valence-electron chi connectivity index (χ1n) is 6.06. The van der Waals surface area contributed by atoms with Crippen molar-refractivity contribution in [3.05, 3.63) is 34.9 Å². The van der Waals surface area contributed by atoms with Crippen LogP contribution in [0, 0.1) is 6.92 Å². The number of nitrogens with zero attached hydrogens (tertiary/aromatic N) is 4. The van der Waals surface area contributed by atoms with Gasteiger partial charge in [-0.2, -0.15) is 10.2 Å². The third kappa shape index (κ3) is 3.35. The molecule has 2 rings (SSSR count). The van der Waals surface area contributed by atoms with Crippen LogP contribution in [0.3, 0.4) is 0 Å². The number of aryl methyl sites for hydroxylation is 1. The van der Waals surface area contributed by atoms with E-state index in [0.717, 1.165) is 17.8 Å². The highest BCUT2D eigenvalue weighted by atomic mass is 35.5. The molecule has 1 amide bonds. The Hall–Kier alpha value is -1.82. The third-order valence-electron chi connectivity index (χ3n) is 2.89. The van der Waals surface area contributed by atoms with E-state index >= 15 is 0 Å². The van der Waals surface area contributed by atoms with Crippen molar-refractivity contribution in [2.75, 3.05) is 0 Å². The minimum Gasteiger partial charge on any atom is -0.350 e. The van der Waals surface area contributed by atoms with E-state index in [1.165, 1.54) is 10.9 Å². The molecule has 2 aromatic heterocycles. The van der Waals surface area contributed by atoms with Crippen molar-refractivity contribution in [2.24, 2.45) is 0 Å².